The van der Waals surface area contributed by atoms with Crippen molar-refractivity contribution in [3.8, 4) is 11.5 Å². The molecule has 3 unspecified atom stereocenters. The van der Waals surface area contributed by atoms with E-state index in [0.29, 0.717) is 17.9 Å². The minimum Gasteiger partial charge on any atom is -0.491 e. The minimum absolute atomic E-state index is 0.0476. The number of nitrogens with zero attached hydrogens (tertiary/aromatic N) is 2. The van der Waals surface area contributed by atoms with Crippen molar-refractivity contribution in [2.75, 3.05) is 29.5 Å². The third-order valence-corrected chi connectivity index (χ3v) is 12.0. The molecule has 1 fully saturated rings. The highest BCUT2D eigenvalue weighted by molar-refractivity contribution is 8.00. The van der Waals surface area contributed by atoms with Crippen LogP contribution >= 0.6 is 11.8 Å². The van der Waals surface area contributed by atoms with E-state index in [2.05, 4.69) is 143 Å². The van der Waals surface area contributed by atoms with Crippen LogP contribution in [0.4, 0.5) is 11.4 Å². The predicted molar refractivity (Wildman–Crippen MR) is 209 cm³/mol. The lowest BCUT2D eigenvalue weighted by Crippen LogP contribution is -2.37. The van der Waals surface area contributed by atoms with Gasteiger partial charge in [0.05, 0.1) is 23.3 Å². The highest BCUT2D eigenvalue weighted by Gasteiger charge is 2.34. The van der Waals surface area contributed by atoms with Gasteiger partial charge in [0.1, 0.15) is 18.1 Å². The van der Waals surface area contributed by atoms with Crippen LogP contribution in [0.15, 0.2) is 95.4 Å². The normalized spacial score (nSPS) is 22.2. The van der Waals surface area contributed by atoms with Crippen molar-refractivity contribution < 1.29 is 9.47 Å². The summed E-state index contributed by atoms with van der Waals surface area (Å²) in [4.78, 5) is 6.42. The highest BCUT2D eigenvalue weighted by Crippen LogP contribution is 2.48. The predicted octanol–water partition coefficient (Wildman–Crippen LogP) is 11.3. The molecule has 0 aromatic heterocycles. The van der Waals surface area contributed by atoms with Crippen molar-refractivity contribution >= 4 is 33.9 Å². The van der Waals surface area contributed by atoms with Crippen LogP contribution in [0.5, 0.6) is 11.5 Å². The fourth-order valence-corrected chi connectivity index (χ4v) is 9.55. The molecule has 1 aliphatic carbocycles. The van der Waals surface area contributed by atoms with Gasteiger partial charge in [-0.25, -0.2) is 0 Å². The van der Waals surface area contributed by atoms with Gasteiger partial charge in [0, 0.05) is 23.2 Å². The first kappa shape index (κ1) is 33.7. The zero-order valence-electron chi connectivity index (χ0n) is 30.4. The summed E-state index contributed by atoms with van der Waals surface area (Å²) in [5.41, 5.74) is 9.77. The summed E-state index contributed by atoms with van der Waals surface area (Å²) < 4.78 is 13.0. The van der Waals surface area contributed by atoms with Crippen molar-refractivity contribution in [3.05, 3.63) is 113 Å². The second kappa shape index (κ2) is 13.8. The number of ether oxygens (including phenoxy) is 2. The average Bonchev–Trinajstić information content (AvgIpc) is 3.56. The molecule has 0 saturated heterocycles. The third-order valence-electron chi connectivity index (χ3n) is 10.8. The van der Waals surface area contributed by atoms with Gasteiger partial charge in [-0.1, -0.05) is 85.8 Å². The van der Waals surface area contributed by atoms with Gasteiger partial charge in [0.25, 0.3) is 0 Å². The Morgan fingerprint density at radius 2 is 1.63 bits per heavy atom. The second-order valence-electron chi connectivity index (χ2n) is 15.2. The quantitative estimate of drug-likeness (QED) is 0.165. The van der Waals surface area contributed by atoms with Crippen molar-refractivity contribution in [1.29, 1.82) is 0 Å². The van der Waals surface area contributed by atoms with Gasteiger partial charge < -0.3 is 19.3 Å². The fourth-order valence-electron chi connectivity index (χ4n) is 8.10. The van der Waals surface area contributed by atoms with Gasteiger partial charge in [0.2, 0.25) is 0 Å². The van der Waals surface area contributed by atoms with Crippen LogP contribution in [-0.2, 0) is 0 Å². The highest BCUT2D eigenvalue weighted by atomic mass is 32.2. The molecule has 0 N–H and O–H groups in total. The van der Waals surface area contributed by atoms with Crippen molar-refractivity contribution in [1.82, 2.24) is 0 Å². The SMILES string of the molecule is CCN1c2cc(C)c(C)cc2SC1C=C1CC(C=CCC2Oc3cc(C)c(C)cc3N2CCOc2cccc3ccccc23)CC(C)(C)C1. The van der Waals surface area contributed by atoms with E-state index < -0.39 is 0 Å². The van der Waals surface area contributed by atoms with Gasteiger partial charge >= 0.3 is 0 Å². The van der Waals surface area contributed by atoms with Crippen molar-refractivity contribution in [2.24, 2.45) is 11.3 Å². The molecule has 0 spiro atoms. The number of hydrogen-bond acceptors (Lipinski definition) is 5. The Labute approximate surface area is 298 Å². The summed E-state index contributed by atoms with van der Waals surface area (Å²) in [6.45, 7) is 18.4. The van der Waals surface area contributed by atoms with E-state index in [0.717, 1.165) is 42.8 Å². The Morgan fingerprint density at radius 1 is 0.898 bits per heavy atom. The summed E-state index contributed by atoms with van der Waals surface area (Å²) in [5, 5.41) is 2.73. The van der Waals surface area contributed by atoms with Crippen LogP contribution in [0.1, 0.15) is 68.7 Å². The number of aryl methyl sites for hydroxylation is 4. The lowest BCUT2D eigenvalue weighted by atomic mass is 9.70. The number of likely N-dealkylation sites (N-methyl/N-ethyl adjacent to an activating group) is 1. The fraction of sp³-hybridized carbons (Fsp3) is 0.409. The number of rotatable bonds is 9. The first-order valence-corrected chi connectivity index (χ1v) is 19.0. The molecule has 7 rings (SSSR count). The molecular weight excluding hydrogens is 621 g/mol. The topological polar surface area (TPSA) is 24.9 Å². The number of benzene rings is 4. The van der Waals surface area contributed by atoms with Crippen LogP contribution in [0.25, 0.3) is 10.8 Å². The van der Waals surface area contributed by atoms with Gasteiger partial charge in [0.15, 0.2) is 6.23 Å². The largest absolute Gasteiger partial charge is 0.491 e. The molecule has 1 saturated carbocycles. The molecule has 2 heterocycles. The minimum atomic E-state index is -0.0476. The number of fused-ring (bicyclic) bond motifs is 3. The van der Waals surface area contributed by atoms with E-state index in [1.807, 2.05) is 11.8 Å². The van der Waals surface area contributed by atoms with Gasteiger partial charge in [-0.15, -0.1) is 0 Å². The standard InChI is InChI=1S/C44H52N2O2S/c1-8-45-38-22-30(3)32(5)24-41(38)49-43(45)26-34-25-33(27-44(6,7)28-34)13-11-18-42-46(37-21-29(2)31(4)23-40(37)48-42)19-20-47-39-17-12-15-35-14-9-10-16-36(35)39/h9-17,21-24,26,33,42-43H,8,18-20,25,27-28H2,1-7H3. The number of hydrogen-bond donors (Lipinski definition) is 0. The first-order valence-electron chi connectivity index (χ1n) is 18.1. The van der Waals surface area contributed by atoms with E-state index in [4.69, 9.17) is 9.47 Å². The summed E-state index contributed by atoms with van der Waals surface area (Å²) in [5.74, 6) is 2.45. The molecule has 0 amide bonds. The molecule has 0 bridgehead atoms. The zero-order valence-corrected chi connectivity index (χ0v) is 31.2. The Bertz CT molecular complexity index is 1900. The zero-order chi connectivity index (χ0) is 34.3. The van der Waals surface area contributed by atoms with Crippen molar-refractivity contribution in [2.45, 2.75) is 90.6 Å². The maximum atomic E-state index is 6.64. The number of thioether (sulfide) groups is 1. The van der Waals surface area contributed by atoms with E-state index in [-0.39, 0.29) is 11.6 Å². The van der Waals surface area contributed by atoms with E-state index >= 15 is 0 Å². The maximum absolute atomic E-state index is 6.64. The third kappa shape index (κ3) is 7.10. The monoisotopic (exact) mass is 672 g/mol. The Balaban J connectivity index is 1.04. The second-order valence-corrected chi connectivity index (χ2v) is 16.4. The molecular formula is C44H52N2O2S. The molecule has 5 heteroatoms. The van der Waals surface area contributed by atoms with Crippen LogP contribution in [0.3, 0.4) is 0 Å². The van der Waals surface area contributed by atoms with Crippen LogP contribution in [0, 0.1) is 39.0 Å². The molecule has 3 aliphatic rings. The van der Waals surface area contributed by atoms with E-state index in [1.165, 1.54) is 56.8 Å². The van der Waals surface area contributed by atoms with Gasteiger partial charge in [-0.05, 0) is 123 Å². The van der Waals surface area contributed by atoms with Crippen molar-refractivity contribution in [3.63, 3.8) is 0 Å². The van der Waals surface area contributed by atoms with Crippen LogP contribution in [0.2, 0.25) is 0 Å². The van der Waals surface area contributed by atoms with Gasteiger partial charge in [-0.2, -0.15) is 0 Å². The molecule has 49 heavy (non-hydrogen) atoms. The van der Waals surface area contributed by atoms with E-state index in [9.17, 15) is 0 Å². The molecule has 3 atom stereocenters. The summed E-state index contributed by atoms with van der Waals surface area (Å²) in [6, 6.07) is 24.0. The lowest BCUT2D eigenvalue weighted by molar-refractivity contribution is 0.216. The van der Waals surface area contributed by atoms with Crippen LogP contribution in [-0.4, -0.2) is 31.3 Å². The first-order chi connectivity index (χ1) is 23.6. The van der Waals surface area contributed by atoms with E-state index in [1.54, 1.807) is 5.57 Å². The number of allylic oxidation sites excluding steroid dienone is 2. The molecule has 0 radical (unpaired) electrons. The lowest BCUT2D eigenvalue weighted by Gasteiger charge is -2.37. The Morgan fingerprint density at radius 3 is 2.45 bits per heavy atom. The molecule has 256 valence electrons. The molecule has 4 aromatic carbocycles. The van der Waals surface area contributed by atoms with Gasteiger partial charge in [-0.3, -0.25) is 0 Å². The summed E-state index contributed by atoms with van der Waals surface area (Å²) in [7, 11) is 0. The Hall–Kier alpha value is -3.83. The number of anilines is 2. The van der Waals surface area contributed by atoms with Crippen LogP contribution < -0.4 is 19.3 Å². The smallest absolute Gasteiger partial charge is 0.176 e. The summed E-state index contributed by atoms with van der Waals surface area (Å²) in [6.07, 6.45) is 11.8. The maximum Gasteiger partial charge on any atom is 0.176 e. The molecule has 4 aromatic rings. The molecule has 2 aliphatic heterocycles. The average molecular weight is 673 g/mol. The Kier molecular flexibility index (Phi) is 9.49. The summed E-state index contributed by atoms with van der Waals surface area (Å²) >= 11 is 2.02. The molecule has 4 nitrogen and oxygen atoms in total.